The van der Waals surface area contributed by atoms with Gasteiger partial charge in [0, 0.05) is 27.8 Å². The molecule has 0 aliphatic rings. The number of ether oxygens (including phenoxy) is 1. The number of hydrogen-bond donors (Lipinski definition) is 1. The molecule has 1 amide bonds. The van der Waals surface area contributed by atoms with Crippen molar-refractivity contribution in [2.24, 2.45) is 0 Å². The molecule has 0 aliphatic heterocycles. The summed E-state index contributed by atoms with van der Waals surface area (Å²) in [5, 5.41) is 12.9. The lowest BCUT2D eigenvalue weighted by atomic mass is 10.1. The number of anilines is 1. The van der Waals surface area contributed by atoms with E-state index in [0.717, 1.165) is 34.0 Å². The van der Waals surface area contributed by atoms with Crippen LogP contribution in [0, 0.1) is 32.1 Å². The third kappa shape index (κ3) is 4.40. The molecule has 2 aromatic carbocycles. The number of nitrogens with zero attached hydrogens (tertiary/aromatic N) is 2. The van der Waals surface area contributed by atoms with Crippen molar-refractivity contribution < 1.29 is 9.53 Å². The van der Waals surface area contributed by atoms with Gasteiger partial charge in [0.15, 0.2) is 0 Å². The van der Waals surface area contributed by atoms with E-state index in [0.29, 0.717) is 10.7 Å². The standard InChI is InChI=1S/C24H22ClN3O2/c1-15-11-20(25)5-10-23(15)27-24(29)19(14-26)13-18-12-16(2)28(17(18)3)21-6-8-22(30-4)9-7-21/h5-13H,1-4H3,(H,27,29)/b19-13+. The lowest BCUT2D eigenvalue weighted by molar-refractivity contribution is -0.112. The van der Waals surface area contributed by atoms with Gasteiger partial charge in [0.1, 0.15) is 17.4 Å². The van der Waals surface area contributed by atoms with Crippen molar-refractivity contribution >= 4 is 29.3 Å². The van der Waals surface area contributed by atoms with E-state index in [2.05, 4.69) is 9.88 Å². The highest BCUT2D eigenvalue weighted by atomic mass is 35.5. The molecule has 0 radical (unpaired) electrons. The van der Waals surface area contributed by atoms with Gasteiger partial charge >= 0.3 is 0 Å². The number of aromatic nitrogens is 1. The van der Waals surface area contributed by atoms with Gasteiger partial charge in [-0.1, -0.05) is 11.6 Å². The Bertz CT molecular complexity index is 1170. The fraction of sp³-hybridized carbons (Fsp3) is 0.167. The number of carbonyl (C=O) groups is 1. The Morgan fingerprint density at radius 1 is 1.13 bits per heavy atom. The summed E-state index contributed by atoms with van der Waals surface area (Å²) in [7, 11) is 1.63. The number of methoxy groups -OCH3 is 1. The van der Waals surface area contributed by atoms with Crippen molar-refractivity contribution in [2.45, 2.75) is 20.8 Å². The molecule has 0 aliphatic carbocycles. The van der Waals surface area contributed by atoms with E-state index in [1.165, 1.54) is 0 Å². The van der Waals surface area contributed by atoms with Gasteiger partial charge in [-0.3, -0.25) is 4.79 Å². The van der Waals surface area contributed by atoms with E-state index < -0.39 is 5.91 Å². The SMILES string of the molecule is COc1ccc(-n2c(C)cc(/C=C(\C#N)C(=O)Nc3ccc(Cl)cc3C)c2C)cc1. The number of halogens is 1. The molecule has 0 saturated carbocycles. The number of aryl methyl sites for hydroxylation is 2. The highest BCUT2D eigenvalue weighted by molar-refractivity contribution is 6.30. The summed E-state index contributed by atoms with van der Waals surface area (Å²) < 4.78 is 7.29. The monoisotopic (exact) mass is 419 g/mol. The molecular weight excluding hydrogens is 398 g/mol. The van der Waals surface area contributed by atoms with Crippen molar-refractivity contribution in [1.82, 2.24) is 4.57 Å². The summed E-state index contributed by atoms with van der Waals surface area (Å²) in [5.74, 6) is 0.319. The molecule has 1 heterocycles. The summed E-state index contributed by atoms with van der Waals surface area (Å²) in [6, 6.07) is 16.9. The molecule has 3 aromatic rings. The molecule has 5 nitrogen and oxygen atoms in total. The Kier molecular flexibility index (Phi) is 6.29. The van der Waals surface area contributed by atoms with Crippen LogP contribution in [0.15, 0.2) is 54.1 Å². The highest BCUT2D eigenvalue weighted by Crippen LogP contribution is 2.25. The lowest BCUT2D eigenvalue weighted by Gasteiger charge is -2.10. The van der Waals surface area contributed by atoms with Crippen LogP contribution >= 0.6 is 11.6 Å². The van der Waals surface area contributed by atoms with Crippen LogP contribution in [-0.2, 0) is 4.79 Å². The first kappa shape index (κ1) is 21.2. The van der Waals surface area contributed by atoms with Gasteiger partial charge in [-0.05, 0) is 86.5 Å². The highest BCUT2D eigenvalue weighted by Gasteiger charge is 2.15. The van der Waals surface area contributed by atoms with Crippen LogP contribution in [0.3, 0.4) is 0 Å². The van der Waals surface area contributed by atoms with Gasteiger partial charge in [-0.25, -0.2) is 0 Å². The quantitative estimate of drug-likeness (QED) is 0.431. The van der Waals surface area contributed by atoms with Gasteiger partial charge in [0.2, 0.25) is 0 Å². The number of nitriles is 1. The average Bonchev–Trinajstić information content (AvgIpc) is 3.01. The molecule has 0 bridgehead atoms. The lowest BCUT2D eigenvalue weighted by Crippen LogP contribution is -2.14. The van der Waals surface area contributed by atoms with E-state index in [1.807, 2.05) is 57.2 Å². The van der Waals surface area contributed by atoms with E-state index in [9.17, 15) is 10.1 Å². The number of carbonyl (C=O) groups excluding carboxylic acids is 1. The van der Waals surface area contributed by atoms with Crippen molar-refractivity contribution in [2.75, 3.05) is 12.4 Å². The Balaban J connectivity index is 1.92. The fourth-order valence-corrected chi connectivity index (χ4v) is 3.55. The van der Waals surface area contributed by atoms with Gasteiger partial charge in [0.25, 0.3) is 5.91 Å². The molecule has 0 saturated heterocycles. The summed E-state index contributed by atoms with van der Waals surface area (Å²) in [6.07, 6.45) is 1.61. The van der Waals surface area contributed by atoms with Crippen LogP contribution in [0.1, 0.15) is 22.5 Å². The van der Waals surface area contributed by atoms with Crippen molar-refractivity contribution in [3.8, 4) is 17.5 Å². The molecular formula is C24H22ClN3O2. The first-order valence-electron chi connectivity index (χ1n) is 9.36. The van der Waals surface area contributed by atoms with Crippen molar-refractivity contribution in [3.05, 3.63) is 81.6 Å². The van der Waals surface area contributed by atoms with Crippen LogP contribution in [0.4, 0.5) is 5.69 Å². The minimum absolute atomic E-state index is 0.0272. The Labute approximate surface area is 181 Å². The zero-order valence-corrected chi connectivity index (χ0v) is 18.0. The number of amides is 1. The second-order valence-corrected chi connectivity index (χ2v) is 7.38. The van der Waals surface area contributed by atoms with E-state index >= 15 is 0 Å². The molecule has 0 atom stereocenters. The van der Waals surface area contributed by atoms with Gasteiger partial charge in [0.05, 0.1) is 7.11 Å². The summed E-state index contributed by atoms with van der Waals surface area (Å²) in [6.45, 7) is 5.79. The smallest absolute Gasteiger partial charge is 0.266 e. The normalized spacial score (nSPS) is 11.1. The maximum Gasteiger partial charge on any atom is 0.266 e. The van der Waals surface area contributed by atoms with Crippen LogP contribution in [0.2, 0.25) is 5.02 Å². The predicted molar refractivity (Wildman–Crippen MR) is 120 cm³/mol. The maximum atomic E-state index is 12.7. The zero-order valence-electron chi connectivity index (χ0n) is 17.3. The van der Waals surface area contributed by atoms with Gasteiger partial charge in [-0.15, -0.1) is 0 Å². The van der Waals surface area contributed by atoms with Gasteiger partial charge in [-0.2, -0.15) is 5.26 Å². The molecule has 3 rings (SSSR count). The molecule has 0 unspecified atom stereocenters. The van der Waals surface area contributed by atoms with Crippen LogP contribution in [0.5, 0.6) is 5.75 Å². The van der Waals surface area contributed by atoms with Gasteiger partial charge < -0.3 is 14.6 Å². The zero-order chi connectivity index (χ0) is 21.8. The first-order valence-corrected chi connectivity index (χ1v) is 9.74. The molecule has 30 heavy (non-hydrogen) atoms. The number of hydrogen-bond acceptors (Lipinski definition) is 3. The van der Waals surface area contributed by atoms with Crippen molar-refractivity contribution in [3.63, 3.8) is 0 Å². The molecule has 0 spiro atoms. The largest absolute Gasteiger partial charge is 0.497 e. The minimum Gasteiger partial charge on any atom is -0.497 e. The topological polar surface area (TPSA) is 67.0 Å². The second-order valence-electron chi connectivity index (χ2n) is 6.94. The Hall–Kier alpha value is -3.49. The number of rotatable bonds is 5. The van der Waals surface area contributed by atoms with E-state index in [-0.39, 0.29) is 5.57 Å². The summed E-state index contributed by atoms with van der Waals surface area (Å²) in [4.78, 5) is 12.7. The molecule has 152 valence electrons. The third-order valence-corrected chi connectivity index (χ3v) is 5.14. The average molecular weight is 420 g/mol. The van der Waals surface area contributed by atoms with Crippen LogP contribution in [-0.4, -0.2) is 17.6 Å². The molecule has 6 heteroatoms. The summed E-state index contributed by atoms with van der Waals surface area (Å²) in [5.41, 5.74) is 5.18. The number of benzene rings is 2. The predicted octanol–water partition coefficient (Wildman–Crippen LogP) is 5.61. The fourth-order valence-electron chi connectivity index (χ4n) is 3.32. The van der Waals surface area contributed by atoms with Crippen LogP contribution < -0.4 is 10.1 Å². The first-order chi connectivity index (χ1) is 14.3. The Morgan fingerprint density at radius 3 is 2.43 bits per heavy atom. The van der Waals surface area contributed by atoms with Crippen LogP contribution in [0.25, 0.3) is 11.8 Å². The summed E-state index contributed by atoms with van der Waals surface area (Å²) >= 11 is 5.97. The molecule has 0 fully saturated rings. The Morgan fingerprint density at radius 2 is 1.83 bits per heavy atom. The second kappa shape index (κ2) is 8.89. The maximum absolute atomic E-state index is 12.7. The van der Waals surface area contributed by atoms with E-state index in [4.69, 9.17) is 16.3 Å². The van der Waals surface area contributed by atoms with E-state index in [1.54, 1.807) is 31.4 Å². The minimum atomic E-state index is -0.461. The molecule has 1 N–H and O–H groups in total. The van der Waals surface area contributed by atoms with Crippen molar-refractivity contribution in [1.29, 1.82) is 5.26 Å². The molecule has 1 aromatic heterocycles. The number of nitrogens with one attached hydrogen (secondary N) is 1. The third-order valence-electron chi connectivity index (χ3n) is 4.90.